The summed E-state index contributed by atoms with van der Waals surface area (Å²) in [6.07, 6.45) is 0. The average Bonchev–Trinajstić information content (AvgIpc) is 3.23. The van der Waals surface area contributed by atoms with Crippen LogP contribution in [0.15, 0.2) is 42.5 Å². The van der Waals surface area contributed by atoms with Gasteiger partial charge in [-0.1, -0.05) is 23.5 Å². The highest BCUT2D eigenvalue weighted by Crippen LogP contribution is 2.44. The summed E-state index contributed by atoms with van der Waals surface area (Å²) in [7, 11) is 3.29. The summed E-state index contributed by atoms with van der Waals surface area (Å²) in [6.45, 7) is 0. The maximum atomic E-state index is 12.5. The van der Waals surface area contributed by atoms with Crippen LogP contribution in [-0.2, 0) is 4.79 Å². The van der Waals surface area contributed by atoms with Crippen molar-refractivity contribution in [3.05, 3.63) is 48.0 Å². The number of thiazole rings is 1. The Kier molecular flexibility index (Phi) is 4.27. The van der Waals surface area contributed by atoms with Crippen molar-refractivity contribution in [1.82, 2.24) is 4.98 Å². The normalized spacial score (nSPS) is 17.3. The molecule has 1 saturated heterocycles. The molecule has 1 aromatic heterocycles. The molecule has 0 saturated carbocycles. The number of thioether (sulfide) groups is 1. The molecule has 0 aliphatic carbocycles. The predicted molar refractivity (Wildman–Crippen MR) is 102 cm³/mol. The van der Waals surface area contributed by atoms with Crippen LogP contribution in [0.4, 0.5) is 5.13 Å². The molecule has 2 aromatic carbocycles. The van der Waals surface area contributed by atoms with Crippen LogP contribution in [0.1, 0.15) is 10.9 Å². The number of anilines is 1. The number of carbonyl (C=O) groups is 1. The minimum absolute atomic E-state index is 0.0730. The quantitative estimate of drug-likeness (QED) is 0.690. The fourth-order valence-electron chi connectivity index (χ4n) is 2.80. The lowest BCUT2D eigenvalue weighted by Crippen LogP contribution is -2.27. The third kappa shape index (κ3) is 2.94. The van der Waals surface area contributed by atoms with Gasteiger partial charge in [0.2, 0.25) is 5.91 Å². The number of amides is 1. The van der Waals surface area contributed by atoms with Crippen molar-refractivity contribution in [2.75, 3.05) is 24.9 Å². The first-order valence-corrected chi connectivity index (χ1v) is 9.58. The van der Waals surface area contributed by atoms with E-state index in [0.29, 0.717) is 10.9 Å². The molecule has 5 nitrogen and oxygen atoms in total. The van der Waals surface area contributed by atoms with E-state index < -0.39 is 0 Å². The zero-order valence-corrected chi connectivity index (χ0v) is 15.4. The highest BCUT2D eigenvalue weighted by atomic mass is 32.2. The van der Waals surface area contributed by atoms with Gasteiger partial charge in [0.25, 0.3) is 0 Å². The molecule has 1 atom stereocenters. The molecule has 1 fully saturated rings. The fraction of sp³-hybridized carbons (Fsp3) is 0.222. The second kappa shape index (κ2) is 6.57. The number of carbonyl (C=O) groups excluding carboxylic acids is 1. The Morgan fingerprint density at radius 3 is 2.72 bits per heavy atom. The summed E-state index contributed by atoms with van der Waals surface area (Å²) < 4.78 is 11.6. The minimum Gasteiger partial charge on any atom is -0.497 e. The third-order valence-electron chi connectivity index (χ3n) is 4.04. The van der Waals surface area contributed by atoms with E-state index in [1.807, 2.05) is 42.5 Å². The molecule has 0 radical (unpaired) electrons. The van der Waals surface area contributed by atoms with Crippen molar-refractivity contribution in [2.24, 2.45) is 0 Å². The van der Waals surface area contributed by atoms with Gasteiger partial charge in [0.1, 0.15) is 16.9 Å². The van der Waals surface area contributed by atoms with E-state index in [4.69, 9.17) is 9.47 Å². The summed E-state index contributed by atoms with van der Waals surface area (Å²) in [5.41, 5.74) is 1.90. The van der Waals surface area contributed by atoms with Gasteiger partial charge in [0.05, 0.1) is 30.2 Å². The monoisotopic (exact) mass is 372 g/mol. The molecule has 0 unspecified atom stereocenters. The van der Waals surface area contributed by atoms with Gasteiger partial charge in [-0.3, -0.25) is 9.69 Å². The van der Waals surface area contributed by atoms with Crippen LogP contribution in [0.5, 0.6) is 11.5 Å². The predicted octanol–water partition coefficient (Wildman–Crippen LogP) is 4.09. The smallest absolute Gasteiger partial charge is 0.240 e. The molecule has 1 aliphatic rings. The Morgan fingerprint density at radius 2 is 1.92 bits per heavy atom. The molecule has 0 N–H and O–H groups in total. The van der Waals surface area contributed by atoms with Crippen LogP contribution in [0, 0.1) is 0 Å². The lowest BCUT2D eigenvalue weighted by atomic mass is 10.2. The van der Waals surface area contributed by atoms with E-state index in [-0.39, 0.29) is 11.3 Å². The minimum atomic E-state index is -0.0925. The molecule has 0 spiro atoms. The zero-order valence-electron chi connectivity index (χ0n) is 13.8. The van der Waals surface area contributed by atoms with Crippen molar-refractivity contribution in [2.45, 2.75) is 5.37 Å². The summed E-state index contributed by atoms with van der Waals surface area (Å²) in [6, 6.07) is 13.6. The van der Waals surface area contributed by atoms with Gasteiger partial charge >= 0.3 is 0 Å². The Balaban J connectivity index is 1.74. The van der Waals surface area contributed by atoms with Crippen LogP contribution in [0.25, 0.3) is 10.2 Å². The molecule has 1 amide bonds. The SMILES string of the molecule is COc1cccc([C@H]2SCC(=O)N2c2nc3ccc(OC)cc3s2)c1. The van der Waals surface area contributed by atoms with Crippen molar-refractivity contribution < 1.29 is 14.3 Å². The van der Waals surface area contributed by atoms with Crippen molar-refractivity contribution in [1.29, 1.82) is 0 Å². The second-order valence-corrected chi connectivity index (χ2v) is 7.61. The topological polar surface area (TPSA) is 51.7 Å². The van der Waals surface area contributed by atoms with E-state index in [1.165, 1.54) is 11.3 Å². The fourth-order valence-corrected chi connectivity index (χ4v) is 5.05. The molecule has 7 heteroatoms. The first-order chi connectivity index (χ1) is 12.2. The van der Waals surface area contributed by atoms with Gasteiger partial charge in [-0.25, -0.2) is 4.98 Å². The Morgan fingerprint density at radius 1 is 1.12 bits per heavy atom. The summed E-state index contributed by atoms with van der Waals surface area (Å²) >= 11 is 3.11. The molecule has 2 heterocycles. The number of nitrogens with zero attached hydrogens (tertiary/aromatic N) is 2. The highest BCUT2D eigenvalue weighted by Gasteiger charge is 2.36. The summed E-state index contributed by atoms with van der Waals surface area (Å²) in [4.78, 5) is 19.0. The lowest BCUT2D eigenvalue weighted by molar-refractivity contribution is -0.115. The number of ether oxygens (including phenoxy) is 2. The number of hydrogen-bond acceptors (Lipinski definition) is 6. The molecule has 0 bridgehead atoms. The largest absolute Gasteiger partial charge is 0.497 e. The van der Waals surface area contributed by atoms with Gasteiger partial charge in [0.15, 0.2) is 5.13 Å². The maximum absolute atomic E-state index is 12.5. The summed E-state index contributed by atoms with van der Waals surface area (Å²) in [5.74, 6) is 2.09. The molecule has 3 aromatic rings. The number of rotatable bonds is 4. The average molecular weight is 372 g/mol. The first kappa shape index (κ1) is 16.2. The number of methoxy groups -OCH3 is 2. The van der Waals surface area contributed by atoms with Crippen molar-refractivity contribution >= 4 is 44.4 Å². The standard InChI is InChI=1S/C18H16N2O3S2/c1-22-12-5-3-4-11(8-12)17-20(16(21)10-24-17)18-19-14-7-6-13(23-2)9-15(14)25-18/h3-9,17H,10H2,1-2H3/t17-/m1/s1. The number of hydrogen-bond donors (Lipinski definition) is 0. The van der Waals surface area contributed by atoms with Crippen LogP contribution in [-0.4, -0.2) is 30.9 Å². The van der Waals surface area contributed by atoms with Gasteiger partial charge in [-0.15, -0.1) is 11.8 Å². The molecule has 25 heavy (non-hydrogen) atoms. The van der Waals surface area contributed by atoms with E-state index in [0.717, 1.165) is 27.3 Å². The van der Waals surface area contributed by atoms with E-state index in [9.17, 15) is 4.79 Å². The van der Waals surface area contributed by atoms with Gasteiger partial charge in [-0.05, 0) is 35.9 Å². The molecular formula is C18H16N2O3S2. The van der Waals surface area contributed by atoms with E-state index >= 15 is 0 Å². The second-order valence-electron chi connectivity index (χ2n) is 5.53. The van der Waals surface area contributed by atoms with Crippen LogP contribution < -0.4 is 14.4 Å². The van der Waals surface area contributed by atoms with E-state index in [1.54, 1.807) is 30.9 Å². The maximum Gasteiger partial charge on any atom is 0.240 e. The molecular weight excluding hydrogens is 356 g/mol. The van der Waals surface area contributed by atoms with Crippen LogP contribution in [0.3, 0.4) is 0 Å². The summed E-state index contributed by atoms with van der Waals surface area (Å²) in [5, 5.41) is 0.621. The zero-order chi connectivity index (χ0) is 17.4. The molecule has 4 rings (SSSR count). The Hall–Kier alpha value is -2.25. The van der Waals surface area contributed by atoms with Crippen LogP contribution >= 0.6 is 23.1 Å². The van der Waals surface area contributed by atoms with Gasteiger partial charge in [-0.2, -0.15) is 0 Å². The molecule has 1 aliphatic heterocycles. The number of fused-ring (bicyclic) bond motifs is 1. The number of benzene rings is 2. The van der Waals surface area contributed by atoms with Crippen molar-refractivity contribution in [3.8, 4) is 11.5 Å². The van der Waals surface area contributed by atoms with Gasteiger partial charge < -0.3 is 9.47 Å². The van der Waals surface area contributed by atoms with E-state index in [2.05, 4.69) is 4.98 Å². The number of aromatic nitrogens is 1. The Labute approximate surface area is 153 Å². The van der Waals surface area contributed by atoms with Crippen LogP contribution in [0.2, 0.25) is 0 Å². The first-order valence-electron chi connectivity index (χ1n) is 7.72. The van der Waals surface area contributed by atoms with Gasteiger partial charge in [0, 0.05) is 0 Å². The highest BCUT2D eigenvalue weighted by molar-refractivity contribution is 8.00. The lowest BCUT2D eigenvalue weighted by Gasteiger charge is -2.21. The molecule has 128 valence electrons. The van der Waals surface area contributed by atoms with Crippen molar-refractivity contribution in [3.63, 3.8) is 0 Å². The third-order valence-corrected chi connectivity index (χ3v) is 6.27. The Bertz CT molecular complexity index is 941.